The van der Waals surface area contributed by atoms with Crippen LogP contribution in [0.1, 0.15) is 15.9 Å². The predicted octanol–water partition coefficient (Wildman–Crippen LogP) is 3.27. The number of benzene rings is 2. The summed E-state index contributed by atoms with van der Waals surface area (Å²) >= 11 is 5.95. The summed E-state index contributed by atoms with van der Waals surface area (Å²) in [5.41, 5.74) is 2.30. The molecule has 0 aromatic heterocycles. The number of phenols is 1. The van der Waals surface area contributed by atoms with Crippen LogP contribution in [-0.4, -0.2) is 37.9 Å². The molecule has 126 valence electrons. The van der Waals surface area contributed by atoms with Gasteiger partial charge in [0.25, 0.3) is 5.91 Å². The number of halogens is 1. The molecule has 1 aliphatic heterocycles. The number of phenolic OH excluding ortho intramolecular Hbond substituents is 1. The van der Waals surface area contributed by atoms with E-state index in [1.165, 1.54) is 6.07 Å². The summed E-state index contributed by atoms with van der Waals surface area (Å²) in [6.07, 6.45) is 0.723. The second kappa shape index (κ2) is 7.11. The van der Waals surface area contributed by atoms with Gasteiger partial charge in [0.1, 0.15) is 18.1 Å². The first-order valence-electron chi connectivity index (χ1n) is 7.65. The topological polar surface area (TPSA) is 59.0 Å². The van der Waals surface area contributed by atoms with Gasteiger partial charge in [-0.2, -0.15) is 0 Å². The van der Waals surface area contributed by atoms with Gasteiger partial charge in [-0.15, -0.1) is 0 Å². The first kappa shape index (κ1) is 16.6. The number of carbonyl (C=O) groups excluding carboxylic acids is 1. The van der Waals surface area contributed by atoms with E-state index in [0.717, 1.165) is 17.7 Å². The Morgan fingerprint density at radius 3 is 2.79 bits per heavy atom. The highest BCUT2D eigenvalue weighted by Crippen LogP contribution is 2.32. The minimum Gasteiger partial charge on any atom is -0.506 e. The van der Waals surface area contributed by atoms with Crippen molar-refractivity contribution >= 4 is 23.2 Å². The number of methoxy groups -OCH3 is 1. The highest BCUT2D eigenvalue weighted by molar-refractivity contribution is 6.32. The average molecular weight is 348 g/mol. The van der Waals surface area contributed by atoms with E-state index in [2.05, 4.69) is 0 Å². The van der Waals surface area contributed by atoms with Gasteiger partial charge in [-0.1, -0.05) is 11.6 Å². The molecule has 0 bridgehead atoms. The summed E-state index contributed by atoms with van der Waals surface area (Å²) in [5, 5.41) is 9.76. The first-order valence-corrected chi connectivity index (χ1v) is 8.03. The Morgan fingerprint density at radius 1 is 1.21 bits per heavy atom. The van der Waals surface area contributed by atoms with Crippen LogP contribution in [0.2, 0.25) is 5.02 Å². The third-order valence-electron chi connectivity index (χ3n) is 3.96. The number of nitrogens with zero attached hydrogens (tertiary/aromatic N) is 1. The zero-order chi connectivity index (χ0) is 17.1. The van der Waals surface area contributed by atoms with Crippen LogP contribution in [0.3, 0.4) is 0 Å². The summed E-state index contributed by atoms with van der Waals surface area (Å²) in [7, 11) is 1.62. The van der Waals surface area contributed by atoms with Gasteiger partial charge in [-0.3, -0.25) is 4.79 Å². The van der Waals surface area contributed by atoms with Crippen molar-refractivity contribution in [1.82, 2.24) is 0 Å². The molecule has 0 aliphatic carbocycles. The average Bonchev–Trinajstić information content (AvgIpc) is 2.58. The molecule has 0 unspecified atom stereocenters. The molecule has 1 amide bonds. The van der Waals surface area contributed by atoms with E-state index in [1.54, 1.807) is 36.3 Å². The largest absolute Gasteiger partial charge is 0.506 e. The van der Waals surface area contributed by atoms with Gasteiger partial charge in [0.05, 0.1) is 11.6 Å². The van der Waals surface area contributed by atoms with Gasteiger partial charge in [0, 0.05) is 24.9 Å². The fourth-order valence-electron chi connectivity index (χ4n) is 2.71. The number of aromatic hydroxyl groups is 1. The smallest absolute Gasteiger partial charge is 0.258 e. The van der Waals surface area contributed by atoms with Crippen LogP contribution in [0, 0.1) is 0 Å². The van der Waals surface area contributed by atoms with Crippen LogP contribution < -0.4 is 9.64 Å². The van der Waals surface area contributed by atoms with E-state index in [9.17, 15) is 9.90 Å². The Balaban J connectivity index is 1.81. The lowest BCUT2D eigenvalue weighted by Crippen LogP contribution is -2.37. The Kier molecular flexibility index (Phi) is 4.92. The number of ether oxygens (including phenoxy) is 2. The van der Waals surface area contributed by atoms with Gasteiger partial charge in [-0.25, -0.2) is 0 Å². The lowest BCUT2D eigenvalue weighted by Gasteiger charge is -2.29. The minimum atomic E-state index is -0.0820. The predicted molar refractivity (Wildman–Crippen MR) is 92.3 cm³/mol. The van der Waals surface area contributed by atoms with E-state index >= 15 is 0 Å². The summed E-state index contributed by atoms with van der Waals surface area (Å²) < 4.78 is 10.6. The summed E-state index contributed by atoms with van der Waals surface area (Å²) in [5.74, 6) is 0.657. The van der Waals surface area contributed by atoms with Crippen molar-refractivity contribution in [2.45, 2.75) is 6.42 Å². The maximum absolute atomic E-state index is 12.7. The molecule has 1 N–H and O–H groups in total. The molecule has 5 nitrogen and oxygen atoms in total. The monoisotopic (exact) mass is 347 g/mol. The number of amides is 1. The standard InChI is InChI=1S/C18H18ClNO4/c1-23-8-9-24-14-3-4-15-12(10-14)6-7-20(18(15)22)13-2-5-17(21)16(19)11-13/h2-5,10-11,21H,6-9H2,1H3. The molecule has 0 atom stereocenters. The van der Waals surface area contributed by atoms with Gasteiger partial charge in [-0.05, 0) is 48.4 Å². The number of fused-ring (bicyclic) bond motifs is 1. The third-order valence-corrected chi connectivity index (χ3v) is 4.26. The van der Waals surface area contributed by atoms with Crippen molar-refractivity contribution in [3.63, 3.8) is 0 Å². The van der Waals surface area contributed by atoms with E-state index in [1.807, 2.05) is 6.07 Å². The van der Waals surface area contributed by atoms with E-state index in [0.29, 0.717) is 31.0 Å². The molecular weight excluding hydrogens is 330 g/mol. The molecule has 6 heteroatoms. The zero-order valence-corrected chi connectivity index (χ0v) is 14.0. The highest BCUT2D eigenvalue weighted by atomic mass is 35.5. The maximum Gasteiger partial charge on any atom is 0.258 e. The highest BCUT2D eigenvalue weighted by Gasteiger charge is 2.26. The molecule has 3 rings (SSSR count). The van der Waals surface area contributed by atoms with Crippen molar-refractivity contribution < 1.29 is 19.4 Å². The number of hydrogen-bond donors (Lipinski definition) is 1. The van der Waals surface area contributed by atoms with Crippen molar-refractivity contribution in [3.8, 4) is 11.5 Å². The van der Waals surface area contributed by atoms with Crippen molar-refractivity contribution in [1.29, 1.82) is 0 Å². The fourth-order valence-corrected chi connectivity index (χ4v) is 2.88. The van der Waals surface area contributed by atoms with Crippen LogP contribution in [0.15, 0.2) is 36.4 Å². The van der Waals surface area contributed by atoms with Crippen LogP contribution >= 0.6 is 11.6 Å². The number of anilines is 1. The SMILES string of the molecule is COCCOc1ccc2c(c1)CCN(c1ccc(O)c(Cl)c1)C2=O. The van der Waals surface area contributed by atoms with Gasteiger partial charge >= 0.3 is 0 Å². The van der Waals surface area contributed by atoms with Crippen LogP contribution in [0.25, 0.3) is 0 Å². The Morgan fingerprint density at radius 2 is 2.04 bits per heavy atom. The van der Waals surface area contributed by atoms with Gasteiger partial charge in [0.15, 0.2) is 0 Å². The number of carbonyl (C=O) groups is 1. The fraction of sp³-hybridized carbons (Fsp3) is 0.278. The summed E-state index contributed by atoms with van der Waals surface area (Å²) in [4.78, 5) is 14.4. The quantitative estimate of drug-likeness (QED) is 0.843. The van der Waals surface area contributed by atoms with E-state index in [-0.39, 0.29) is 16.7 Å². The molecule has 2 aromatic rings. The van der Waals surface area contributed by atoms with Crippen molar-refractivity contribution in [2.75, 3.05) is 31.8 Å². The summed E-state index contributed by atoms with van der Waals surface area (Å²) in [6, 6.07) is 10.3. The van der Waals surface area contributed by atoms with Crippen LogP contribution in [0.5, 0.6) is 11.5 Å². The molecule has 0 saturated carbocycles. The lowest BCUT2D eigenvalue weighted by molar-refractivity contribution is 0.0980. The molecule has 0 saturated heterocycles. The van der Waals surface area contributed by atoms with E-state index < -0.39 is 0 Å². The molecular formula is C18H18ClNO4. The van der Waals surface area contributed by atoms with Crippen molar-refractivity contribution in [2.24, 2.45) is 0 Å². The zero-order valence-electron chi connectivity index (χ0n) is 13.3. The Bertz CT molecular complexity index is 763. The molecule has 0 radical (unpaired) electrons. The number of hydrogen-bond acceptors (Lipinski definition) is 4. The second-order valence-corrected chi connectivity index (χ2v) is 5.91. The van der Waals surface area contributed by atoms with Crippen LogP contribution in [-0.2, 0) is 11.2 Å². The molecule has 1 heterocycles. The molecule has 1 aliphatic rings. The third kappa shape index (κ3) is 3.32. The normalized spacial score (nSPS) is 13.8. The molecule has 0 fully saturated rings. The van der Waals surface area contributed by atoms with Gasteiger partial charge < -0.3 is 19.5 Å². The Labute approximate surface area is 145 Å². The maximum atomic E-state index is 12.7. The van der Waals surface area contributed by atoms with E-state index in [4.69, 9.17) is 21.1 Å². The minimum absolute atomic E-state index is 0.00289. The van der Waals surface area contributed by atoms with Crippen LogP contribution in [0.4, 0.5) is 5.69 Å². The van der Waals surface area contributed by atoms with Crippen molar-refractivity contribution in [3.05, 3.63) is 52.5 Å². The molecule has 24 heavy (non-hydrogen) atoms. The second-order valence-electron chi connectivity index (χ2n) is 5.50. The first-order chi connectivity index (χ1) is 11.6. The lowest BCUT2D eigenvalue weighted by atomic mass is 9.98. The van der Waals surface area contributed by atoms with Gasteiger partial charge in [0.2, 0.25) is 0 Å². The Hall–Kier alpha value is -2.24. The summed E-state index contributed by atoms with van der Waals surface area (Å²) in [6.45, 7) is 1.54. The number of rotatable bonds is 5. The molecule has 2 aromatic carbocycles. The molecule has 0 spiro atoms.